The van der Waals surface area contributed by atoms with Gasteiger partial charge in [-0.25, -0.2) is 4.98 Å². The smallest absolute Gasteiger partial charge is 0.323 e. The number of carboxylic acids is 1. The molecule has 2 aromatic heterocycles. The zero-order valence-corrected chi connectivity index (χ0v) is 11.5. The number of rotatable bonds is 3. The van der Waals surface area contributed by atoms with Gasteiger partial charge >= 0.3 is 5.97 Å². The number of carboxylic acid groups (broad SMARTS) is 1. The molecule has 7 heteroatoms. The van der Waals surface area contributed by atoms with Crippen LogP contribution in [0.4, 0.5) is 0 Å². The number of hydrogen-bond acceptors (Lipinski definition) is 3. The number of fused-ring (bicyclic) bond motifs is 1. The van der Waals surface area contributed by atoms with Crippen LogP contribution in [-0.2, 0) is 11.3 Å². The molecule has 0 spiro atoms. The van der Waals surface area contributed by atoms with Crippen molar-refractivity contribution in [2.45, 2.75) is 6.54 Å². The number of carbonyl (C=O) groups is 1. The predicted octanol–water partition coefficient (Wildman–Crippen LogP) is 3.69. The van der Waals surface area contributed by atoms with Crippen molar-refractivity contribution in [3.05, 3.63) is 40.8 Å². The van der Waals surface area contributed by atoms with Crippen LogP contribution in [0, 0.1) is 0 Å². The molecule has 0 aliphatic rings. The molecule has 102 valence electrons. The van der Waals surface area contributed by atoms with Crippen molar-refractivity contribution in [2.75, 3.05) is 0 Å². The Kier molecular flexibility index (Phi) is 3.16. The molecule has 0 radical (unpaired) electrons. The van der Waals surface area contributed by atoms with Gasteiger partial charge in [0.2, 0.25) is 0 Å². The molecule has 0 bridgehead atoms. The minimum absolute atomic E-state index is 0.227. The van der Waals surface area contributed by atoms with E-state index >= 15 is 0 Å². The van der Waals surface area contributed by atoms with Crippen molar-refractivity contribution in [1.82, 2.24) is 9.55 Å². The maximum absolute atomic E-state index is 11.1. The fourth-order valence-corrected chi connectivity index (χ4v) is 2.34. The highest BCUT2D eigenvalue weighted by atomic mass is 35.5. The van der Waals surface area contributed by atoms with Crippen LogP contribution in [0.3, 0.4) is 0 Å². The van der Waals surface area contributed by atoms with Gasteiger partial charge in [-0.3, -0.25) is 4.79 Å². The number of aliphatic carboxylic acids is 1. The summed E-state index contributed by atoms with van der Waals surface area (Å²) in [6.07, 6.45) is 3.00. The van der Waals surface area contributed by atoms with E-state index in [1.54, 1.807) is 22.8 Å². The van der Waals surface area contributed by atoms with Crippen LogP contribution in [0.2, 0.25) is 10.0 Å². The van der Waals surface area contributed by atoms with Gasteiger partial charge in [0.1, 0.15) is 18.6 Å². The van der Waals surface area contributed by atoms with Crippen molar-refractivity contribution >= 4 is 40.2 Å². The Morgan fingerprint density at radius 3 is 2.75 bits per heavy atom. The summed E-state index contributed by atoms with van der Waals surface area (Å²) in [5.41, 5.74) is 1.88. The third kappa shape index (κ3) is 2.15. The Morgan fingerprint density at radius 2 is 2.10 bits per heavy atom. The first-order valence-corrected chi connectivity index (χ1v) is 6.41. The SMILES string of the molecule is O=C(O)Cn1c(-c2ccoc2)nc2cc(Cl)c(Cl)cc21. The normalized spacial score (nSPS) is 11.1. The number of benzene rings is 1. The van der Waals surface area contributed by atoms with Crippen LogP contribution in [0.5, 0.6) is 0 Å². The van der Waals surface area contributed by atoms with Crippen LogP contribution in [0.15, 0.2) is 35.1 Å². The molecular formula is C13H8Cl2N2O3. The van der Waals surface area contributed by atoms with Crippen LogP contribution in [-0.4, -0.2) is 20.6 Å². The predicted molar refractivity (Wildman–Crippen MR) is 75.1 cm³/mol. The molecule has 0 saturated heterocycles. The number of hydrogen-bond donors (Lipinski definition) is 1. The van der Waals surface area contributed by atoms with Crippen molar-refractivity contribution in [1.29, 1.82) is 0 Å². The summed E-state index contributed by atoms with van der Waals surface area (Å²) >= 11 is 12.0. The molecule has 0 atom stereocenters. The average molecular weight is 311 g/mol. The summed E-state index contributed by atoms with van der Waals surface area (Å²) in [4.78, 5) is 15.5. The molecule has 3 aromatic rings. The largest absolute Gasteiger partial charge is 0.480 e. The van der Waals surface area contributed by atoms with Crippen LogP contribution < -0.4 is 0 Å². The number of aromatic nitrogens is 2. The Bertz CT molecular complexity index is 794. The maximum atomic E-state index is 11.1. The average Bonchev–Trinajstić information content (AvgIpc) is 2.99. The van der Waals surface area contributed by atoms with Gasteiger partial charge in [-0.05, 0) is 18.2 Å². The molecule has 0 unspecified atom stereocenters. The first-order valence-electron chi connectivity index (χ1n) is 5.66. The van der Waals surface area contributed by atoms with Crippen LogP contribution >= 0.6 is 23.2 Å². The van der Waals surface area contributed by atoms with E-state index in [1.807, 2.05) is 0 Å². The Balaban J connectivity index is 2.30. The molecule has 0 saturated carbocycles. The van der Waals surface area contributed by atoms with Gasteiger partial charge in [-0.1, -0.05) is 23.2 Å². The molecule has 3 rings (SSSR count). The molecule has 0 aliphatic carbocycles. The lowest BCUT2D eigenvalue weighted by atomic mass is 10.3. The van der Waals surface area contributed by atoms with Gasteiger partial charge in [0.15, 0.2) is 0 Å². The Morgan fingerprint density at radius 1 is 1.35 bits per heavy atom. The van der Waals surface area contributed by atoms with Gasteiger partial charge in [-0.15, -0.1) is 0 Å². The zero-order valence-electron chi connectivity index (χ0n) is 10.0. The number of furan rings is 1. The van der Waals surface area contributed by atoms with Gasteiger partial charge < -0.3 is 14.1 Å². The summed E-state index contributed by atoms with van der Waals surface area (Å²) in [5.74, 6) is -0.477. The summed E-state index contributed by atoms with van der Waals surface area (Å²) in [6.45, 7) is -0.227. The highest BCUT2D eigenvalue weighted by Crippen LogP contribution is 2.31. The minimum Gasteiger partial charge on any atom is -0.480 e. The molecule has 20 heavy (non-hydrogen) atoms. The summed E-state index contributed by atoms with van der Waals surface area (Å²) in [7, 11) is 0. The fraction of sp³-hybridized carbons (Fsp3) is 0.0769. The maximum Gasteiger partial charge on any atom is 0.323 e. The van der Waals surface area contributed by atoms with Gasteiger partial charge in [-0.2, -0.15) is 0 Å². The lowest BCUT2D eigenvalue weighted by Gasteiger charge is -2.05. The van der Waals surface area contributed by atoms with Gasteiger partial charge in [0, 0.05) is 0 Å². The summed E-state index contributed by atoms with van der Waals surface area (Å²) in [6, 6.07) is 4.93. The zero-order chi connectivity index (χ0) is 14.3. The topological polar surface area (TPSA) is 68.3 Å². The Labute approximate surface area is 123 Å². The van der Waals surface area contributed by atoms with E-state index in [9.17, 15) is 4.79 Å². The summed E-state index contributed by atoms with van der Waals surface area (Å²) < 4.78 is 6.58. The van der Waals surface area contributed by atoms with Crippen molar-refractivity contribution in [3.63, 3.8) is 0 Å². The third-order valence-corrected chi connectivity index (χ3v) is 3.59. The summed E-state index contributed by atoms with van der Waals surface area (Å²) in [5, 5.41) is 9.78. The third-order valence-electron chi connectivity index (χ3n) is 2.86. The Hall–Kier alpha value is -1.98. The van der Waals surface area contributed by atoms with Crippen molar-refractivity contribution < 1.29 is 14.3 Å². The number of nitrogens with zero attached hydrogens (tertiary/aromatic N) is 2. The molecule has 0 aliphatic heterocycles. The van der Waals surface area contributed by atoms with E-state index in [0.717, 1.165) is 0 Å². The molecule has 5 nitrogen and oxygen atoms in total. The lowest BCUT2D eigenvalue weighted by Crippen LogP contribution is -2.09. The van der Waals surface area contributed by atoms with Crippen molar-refractivity contribution in [3.8, 4) is 11.4 Å². The first-order chi connectivity index (χ1) is 9.56. The van der Waals surface area contributed by atoms with E-state index in [-0.39, 0.29) is 6.54 Å². The molecule has 1 aromatic carbocycles. The van der Waals surface area contributed by atoms with E-state index in [0.29, 0.717) is 32.5 Å². The second-order valence-electron chi connectivity index (χ2n) is 4.18. The minimum atomic E-state index is -0.972. The van der Waals surface area contributed by atoms with E-state index in [1.165, 1.54) is 12.5 Å². The number of halogens is 2. The van der Waals surface area contributed by atoms with E-state index in [2.05, 4.69) is 4.98 Å². The van der Waals surface area contributed by atoms with E-state index < -0.39 is 5.97 Å². The standard InChI is InChI=1S/C13H8Cl2N2O3/c14-8-3-10-11(4-9(8)15)17(5-12(18)19)13(16-10)7-1-2-20-6-7/h1-4,6H,5H2,(H,18,19). The lowest BCUT2D eigenvalue weighted by molar-refractivity contribution is -0.137. The molecule has 0 fully saturated rings. The highest BCUT2D eigenvalue weighted by molar-refractivity contribution is 6.42. The van der Waals surface area contributed by atoms with Crippen LogP contribution in [0.25, 0.3) is 22.4 Å². The molecule has 0 amide bonds. The second kappa shape index (κ2) is 4.85. The second-order valence-corrected chi connectivity index (χ2v) is 5.00. The number of imidazole rings is 1. The quantitative estimate of drug-likeness (QED) is 0.801. The van der Waals surface area contributed by atoms with Gasteiger partial charge in [0.25, 0.3) is 0 Å². The molecule has 1 N–H and O–H groups in total. The van der Waals surface area contributed by atoms with Crippen LogP contribution in [0.1, 0.15) is 0 Å². The molecule has 2 heterocycles. The van der Waals surface area contributed by atoms with Crippen molar-refractivity contribution in [2.24, 2.45) is 0 Å². The highest BCUT2D eigenvalue weighted by Gasteiger charge is 2.17. The first kappa shape index (κ1) is 13.0. The van der Waals surface area contributed by atoms with Gasteiger partial charge in [0.05, 0.1) is 32.9 Å². The molecular weight excluding hydrogens is 303 g/mol. The fourth-order valence-electron chi connectivity index (χ4n) is 2.03. The monoisotopic (exact) mass is 310 g/mol. The van der Waals surface area contributed by atoms with E-state index in [4.69, 9.17) is 32.7 Å².